The summed E-state index contributed by atoms with van der Waals surface area (Å²) < 4.78 is 4.99. The first-order valence-corrected chi connectivity index (χ1v) is 10.9. The topological polar surface area (TPSA) is 49.8 Å². The van der Waals surface area contributed by atoms with E-state index < -0.39 is 6.16 Å². The fraction of sp³-hybridized carbons (Fsp3) is 0.480. The Morgan fingerprint density at radius 1 is 1.24 bits per heavy atom. The van der Waals surface area contributed by atoms with Crippen LogP contribution in [0.5, 0.6) is 0 Å². The van der Waals surface area contributed by atoms with E-state index in [1.165, 1.54) is 11.1 Å². The molecule has 0 aromatic heterocycles. The predicted octanol–water partition coefficient (Wildman–Crippen LogP) is 5.15. The molecular weight excluding hydrogens is 362 g/mol. The number of piperidine rings is 1. The molecule has 29 heavy (non-hydrogen) atoms. The fourth-order valence-corrected chi connectivity index (χ4v) is 4.96. The lowest BCUT2D eigenvalue weighted by Crippen LogP contribution is -2.40. The molecule has 4 rings (SSSR count). The van der Waals surface area contributed by atoms with E-state index in [0.29, 0.717) is 5.92 Å². The van der Waals surface area contributed by atoms with Crippen LogP contribution in [0.2, 0.25) is 0 Å². The summed E-state index contributed by atoms with van der Waals surface area (Å²) in [6.07, 6.45) is 15.2. The van der Waals surface area contributed by atoms with E-state index in [-0.39, 0.29) is 6.10 Å². The van der Waals surface area contributed by atoms with Gasteiger partial charge in [0.25, 0.3) is 0 Å². The molecule has 1 N–H and O–H groups in total. The highest BCUT2D eigenvalue weighted by molar-refractivity contribution is 5.57. The van der Waals surface area contributed by atoms with Crippen LogP contribution in [0.15, 0.2) is 59.7 Å². The first-order valence-electron chi connectivity index (χ1n) is 10.9. The highest BCUT2D eigenvalue weighted by Crippen LogP contribution is 2.34. The van der Waals surface area contributed by atoms with Crippen LogP contribution in [0.1, 0.15) is 43.2 Å². The Bertz CT molecular complexity index is 823. The van der Waals surface area contributed by atoms with Crippen molar-refractivity contribution in [3.05, 3.63) is 70.8 Å². The van der Waals surface area contributed by atoms with Gasteiger partial charge in [-0.25, -0.2) is 4.79 Å². The van der Waals surface area contributed by atoms with Gasteiger partial charge >= 0.3 is 6.16 Å². The third-order valence-electron chi connectivity index (χ3n) is 6.44. The van der Waals surface area contributed by atoms with Gasteiger partial charge in [-0.1, -0.05) is 59.7 Å². The van der Waals surface area contributed by atoms with Crippen molar-refractivity contribution in [2.75, 3.05) is 19.6 Å². The van der Waals surface area contributed by atoms with Crippen LogP contribution in [0.3, 0.4) is 0 Å². The second-order valence-electron chi connectivity index (χ2n) is 8.53. The van der Waals surface area contributed by atoms with Crippen molar-refractivity contribution in [2.24, 2.45) is 5.92 Å². The maximum atomic E-state index is 10.8. The molecule has 0 radical (unpaired) electrons. The van der Waals surface area contributed by atoms with E-state index in [9.17, 15) is 4.79 Å². The van der Waals surface area contributed by atoms with Gasteiger partial charge in [0.1, 0.15) is 6.10 Å². The molecule has 0 spiro atoms. The SMILES string of the molecule is O=C(O)OC1CCCN(CCC=C2Cc3ccccc3CC3=CC=CCC3C2)C1. The van der Waals surface area contributed by atoms with Gasteiger partial charge in [-0.3, -0.25) is 4.90 Å². The first-order chi connectivity index (χ1) is 14.2. The van der Waals surface area contributed by atoms with Crippen molar-refractivity contribution in [1.29, 1.82) is 0 Å². The average Bonchev–Trinajstić information content (AvgIpc) is 2.69. The summed E-state index contributed by atoms with van der Waals surface area (Å²) in [5.41, 5.74) is 6.03. The normalized spacial score (nSPS) is 26.1. The number of allylic oxidation sites excluding steroid dienone is 5. The molecule has 2 unspecified atom stereocenters. The maximum absolute atomic E-state index is 10.8. The van der Waals surface area contributed by atoms with Crippen molar-refractivity contribution >= 4 is 6.16 Å². The third-order valence-corrected chi connectivity index (χ3v) is 6.44. The van der Waals surface area contributed by atoms with Gasteiger partial charge in [0.15, 0.2) is 0 Å². The molecule has 0 amide bonds. The van der Waals surface area contributed by atoms with Crippen LogP contribution in [0.4, 0.5) is 4.79 Å². The van der Waals surface area contributed by atoms with E-state index in [2.05, 4.69) is 53.5 Å². The summed E-state index contributed by atoms with van der Waals surface area (Å²) in [4.78, 5) is 13.2. The Kier molecular flexibility index (Phi) is 6.50. The smallest absolute Gasteiger partial charge is 0.450 e. The Hall–Kier alpha value is -2.33. The minimum atomic E-state index is -1.16. The second-order valence-corrected chi connectivity index (χ2v) is 8.53. The molecule has 1 aromatic rings. The van der Waals surface area contributed by atoms with Gasteiger partial charge in [0.2, 0.25) is 0 Å². The fourth-order valence-electron chi connectivity index (χ4n) is 4.96. The van der Waals surface area contributed by atoms with Crippen molar-refractivity contribution in [2.45, 2.75) is 51.0 Å². The number of hydrogen-bond acceptors (Lipinski definition) is 3. The minimum absolute atomic E-state index is 0.177. The number of hydrogen-bond donors (Lipinski definition) is 1. The Labute approximate surface area is 173 Å². The number of fused-ring (bicyclic) bond motifs is 2. The largest absolute Gasteiger partial charge is 0.506 e. The van der Waals surface area contributed by atoms with E-state index >= 15 is 0 Å². The number of benzene rings is 1. The maximum Gasteiger partial charge on any atom is 0.506 e. The monoisotopic (exact) mass is 393 g/mol. The molecule has 1 saturated heterocycles. The van der Waals surface area contributed by atoms with Crippen molar-refractivity contribution in [3.8, 4) is 0 Å². The van der Waals surface area contributed by atoms with Crippen LogP contribution < -0.4 is 0 Å². The average molecular weight is 394 g/mol. The third kappa shape index (κ3) is 5.39. The van der Waals surface area contributed by atoms with Crippen molar-refractivity contribution in [1.82, 2.24) is 4.90 Å². The minimum Gasteiger partial charge on any atom is -0.450 e. The van der Waals surface area contributed by atoms with Crippen LogP contribution >= 0.6 is 0 Å². The molecule has 1 aromatic carbocycles. The zero-order valence-corrected chi connectivity index (χ0v) is 17.1. The molecule has 0 bridgehead atoms. The molecule has 4 heteroatoms. The summed E-state index contributed by atoms with van der Waals surface area (Å²) in [6.45, 7) is 2.72. The summed E-state index contributed by atoms with van der Waals surface area (Å²) in [5.74, 6) is 0.628. The van der Waals surface area contributed by atoms with Crippen molar-refractivity contribution < 1.29 is 14.6 Å². The number of carboxylic acid groups (broad SMARTS) is 1. The first kappa shape index (κ1) is 20.0. The Morgan fingerprint density at radius 3 is 2.90 bits per heavy atom. The number of rotatable bonds is 4. The van der Waals surface area contributed by atoms with Gasteiger partial charge in [-0.2, -0.15) is 0 Å². The molecule has 1 heterocycles. The molecular formula is C25H31NO3. The molecule has 3 aliphatic rings. The highest BCUT2D eigenvalue weighted by atomic mass is 16.7. The number of nitrogens with zero attached hydrogens (tertiary/aromatic N) is 1. The summed E-state index contributed by atoms with van der Waals surface area (Å²) >= 11 is 0. The number of carbonyl (C=O) groups is 1. The van der Waals surface area contributed by atoms with E-state index in [0.717, 1.165) is 64.6 Å². The lowest BCUT2D eigenvalue weighted by molar-refractivity contribution is 0.0140. The standard InChI is InChI=1S/C25H31NO3/c27-25(28)29-24-12-6-14-26(18-24)13-5-7-19-15-20-8-1-3-10-22(20)17-23-11-4-2-9-21(23)16-19/h1-4,7-8,10-11,21,24H,5-6,9,12-18H2,(H,27,28). The zero-order chi connectivity index (χ0) is 20.1. The van der Waals surface area contributed by atoms with Gasteiger partial charge in [-0.05, 0) is 68.5 Å². The van der Waals surface area contributed by atoms with Crippen LogP contribution in [0.25, 0.3) is 0 Å². The highest BCUT2D eigenvalue weighted by Gasteiger charge is 2.23. The van der Waals surface area contributed by atoms with Gasteiger partial charge < -0.3 is 9.84 Å². The number of likely N-dealkylation sites (tertiary alicyclic amines) is 1. The second kappa shape index (κ2) is 9.45. The number of ether oxygens (including phenoxy) is 1. The molecule has 1 fully saturated rings. The summed E-state index contributed by atoms with van der Waals surface area (Å²) in [6, 6.07) is 8.87. The Balaban J connectivity index is 1.42. The molecule has 2 atom stereocenters. The van der Waals surface area contributed by atoms with Gasteiger partial charge in [0, 0.05) is 13.1 Å². The lowest BCUT2D eigenvalue weighted by Gasteiger charge is -2.31. The quantitative estimate of drug-likeness (QED) is 0.567. The van der Waals surface area contributed by atoms with E-state index in [1.807, 2.05) is 0 Å². The Morgan fingerprint density at radius 2 is 2.07 bits per heavy atom. The molecule has 4 nitrogen and oxygen atoms in total. The molecule has 1 aliphatic heterocycles. The molecule has 0 saturated carbocycles. The van der Waals surface area contributed by atoms with E-state index in [4.69, 9.17) is 9.84 Å². The van der Waals surface area contributed by atoms with E-state index in [1.54, 1.807) is 11.1 Å². The predicted molar refractivity (Wildman–Crippen MR) is 115 cm³/mol. The van der Waals surface area contributed by atoms with Crippen LogP contribution in [0, 0.1) is 5.92 Å². The molecule has 154 valence electrons. The lowest BCUT2D eigenvalue weighted by atomic mass is 9.78. The summed E-state index contributed by atoms with van der Waals surface area (Å²) in [5, 5.41) is 8.86. The van der Waals surface area contributed by atoms with Crippen molar-refractivity contribution in [3.63, 3.8) is 0 Å². The molecule has 2 aliphatic carbocycles. The van der Waals surface area contributed by atoms with Crippen LogP contribution in [-0.4, -0.2) is 41.9 Å². The van der Waals surface area contributed by atoms with Gasteiger partial charge in [0.05, 0.1) is 0 Å². The van der Waals surface area contributed by atoms with Crippen LogP contribution in [-0.2, 0) is 17.6 Å². The van der Waals surface area contributed by atoms with Gasteiger partial charge in [-0.15, -0.1) is 0 Å². The zero-order valence-electron chi connectivity index (χ0n) is 17.1. The summed E-state index contributed by atoms with van der Waals surface area (Å²) in [7, 11) is 0.